The molecule has 0 aliphatic rings. The second kappa shape index (κ2) is 8.75. The molecule has 0 radical (unpaired) electrons. The average Bonchev–Trinajstić information content (AvgIpc) is 3.03. The smallest absolute Gasteiger partial charge is 0.257 e. The topological polar surface area (TPSA) is 92.3 Å². The maximum atomic E-state index is 12.6. The van der Waals surface area contributed by atoms with Crippen molar-refractivity contribution in [2.24, 2.45) is 0 Å². The molecule has 2 aromatic rings. The lowest BCUT2D eigenvalue weighted by atomic mass is 10.2. The Kier molecular flexibility index (Phi) is 6.94. The van der Waals surface area contributed by atoms with Crippen molar-refractivity contribution in [1.82, 2.24) is 14.5 Å². The van der Waals surface area contributed by atoms with E-state index in [0.29, 0.717) is 18.2 Å². The molecular weight excluding hydrogens is 380 g/mol. The monoisotopic (exact) mass is 400 g/mol. The first-order chi connectivity index (χ1) is 11.9. The molecule has 0 saturated heterocycles. The number of thioether (sulfide) groups is 1. The van der Waals surface area contributed by atoms with Crippen molar-refractivity contribution in [3.8, 4) is 0 Å². The Bertz CT molecular complexity index is 832. The van der Waals surface area contributed by atoms with Crippen molar-refractivity contribution in [3.63, 3.8) is 0 Å². The molecule has 2 rings (SSSR count). The van der Waals surface area contributed by atoms with Crippen LogP contribution in [0.3, 0.4) is 0 Å². The number of nitrogens with one attached hydrogen (secondary N) is 1. The Labute approximate surface area is 155 Å². The van der Waals surface area contributed by atoms with Gasteiger partial charge in [-0.15, -0.1) is 10.2 Å². The lowest BCUT2D eigenvalue weighted by molar-refractivity contribution is 0.102. The summed E-state index contributed by atoms with van der Waals surface area (Å²) in [6.45, 7) is 6.31. The van der Waals surface area contributed by atoms with Gasteiger partial charge in [0.2, 0.25) is 15.2 Å². The van der Waals surface area contributed by atoms with Gasteiger partial charge in [-0.05, 0) is 24.0 Å². The summed E-state index contributed by atoms with van der Waals surface area (Å²) in [5.74, 6) is 0.453. The largest absolute Gasteiger partial charge is 0.296 e. The number of benzene rings is 1. The zero-order chi connectivity index (χ0) is 18.4. The third kappa shape index (κ3) is 4.78. The van der Waals surface area contributed by atoms with Crippen molar-refractivity contribution in [2.45, 2.75) is 30.0 Å². The van der Waals surface area contributed by atoms with Gasteiger partial charge in [0, 0.05) is 18.7 Å². The zero-order valence-electron chi connectivity index (χ0n) is 14.2. The predicted molar refractivity (Wildman–Crippen MR) is 101 cm³/mol. The van der Waals surface area contributed by atoms with Crippen LogP contribution in [-0.2, 0) is 10.0 Å². The Morgan fingerprint density at radius 2 is 1.96 bits per heavy atom. The highest BCUT2D eigenvalue weighted by Gasteiger charge is 2.22. The number of nitrogens with zero attached hydrogens (tertiary/aromatic N) is 3. The summed E-state index contributed by atoms with van der Waals surface area (Å²) in [6, 6.07) is 6.00. The molecule has 0 atom stereocenters. The Balaban J connectivity index is 2.21. The minimum Gasteiger partial charge on any atom is -0.296 e. The van der Waals surface area contributed by atoms with E-state index in [-0.39, 0.29) is 10.5 Å². The highest BCUT2D eigenvalue weighted by Crippen LogP contribution is 2.25. The molecule has 1 heterocycles. The lowest BCUT2D eigenvalue weighted by Crippen LogP contribution is -2.30. The van der Waals surface area contributed by atoms with Crippen molar-refractivity contribution >= 4 is 44.2 Å². The van der Waals surface area contributed by atoms with Crippen LogP contribution in [0.1, 0.15) is 31.1 Å². The quantitative estimate of drug-likeness (QED) is 0.541. The summed E-state index contributed by atoms with van der Waals surface area (Å²) in [5, 5.41) is 10.9. The number of amides is 1. The van der Waals surface area contributed by atoms with E-state index >= 15 is 0 Å². The molecule has 0 bridgehead atoms. The third-order valence-corrected chi connectivity index (χ3v) is 7.23. The van der Waals surface area contributed by atoms with Crippen LogP contribution in [0.2, 0.25) is 0 Å². The molecular formula is C15H20N4O3S3. The summed E-state index contributed by atoms with van der Waals surface area (Å²) in [6.07, 6.45) is 0. The summed E-state index contributed by atoms with van der Waals surface area (Å²) in [7, 11) is -3.61. The standard InChI is InChI=1S/C15H20N4O3S3/c1-4-19(5-2)25(21,22)12-9-7-8-11(10-12)13(20)16-14-17-18-15(24-14)23-6-3/h7-10H,4-6H2,1-3H3,(H,16,17,20). The highest BCUT2D eigenvalue weighted by atomic mass is 32.2. The van der Waals surface area contributed by atoms with E-state index in [9.17, 15) is 13.2 Å². The Morgan fingerprint density at radius 1 is 1.24 bits per heavy atom. The van der Waals surface area contributed by atoms with Crippen LogP contribution in [0.4, 0.5) is 5.13 Å². The number of sulfonamides is 1. The molecule has 0 spiro atoms. The van der Waals surface area contributed by atoms with Crippen LogP contribution in [-0.4, -0.2) is 47.7 Å². The van der Waals surface area contributed by atoms with Gasteiger partial charge in [0.25, 0.3) is 5.91 Å². The molecule has 7 nitrogen and oxygen atoms in total. The van der Waals surface area contributed by atoms with Crippen LogP contribution >= 0.6 is 23.1 Å². The molecule has 1 amide bonds. The fraction of sp³-hybridized carbons (Fsp3) is 0.400. The predicted octanol–water partition coefficient (Wildman–Crippen LogP) is 2.93. The van der Waals surface area contributed by atoms with Gasteiger partial charge < -0.3 is 0 Å². The first kappa shape index (κ1) is 19.8. The van der Waals surface area contributed by atoms with Crippen LogP contribution in [0.15, 0.2) is 33.5 Å². The molecule has 0 fully saturated rings. The number of rotatable bonds is 8. The SMILES string of the molecule is CCSc1nnc(NC(=O)c2cccc(S(=O)(=O)N(CC)CC)c2)s1. The van der Waals surface area contributed by atoms with E-state index < -0.39 is 15.9 Å². The number of carbonyl (C=O) groups excluding carboxylic acids is 1. The van der Waals surface area contributed by atoms with E-state index in [2.05, 4.69) is 15.5 Å². The van der Waals surface area contributed by atoms with E-state index in [4.69, 9.17) is 0 Å². The second-order valence-corrected chi connectivity index (χ2v) is 9.30. The summed E-state index contributed by atoms with van der Waals surface area (Å²) in [4.78, 5) is 12.5. The summed E-state index contributed by atoms with van der Waals surface area (Å²) < 4.78 is 27.3. The number of carbonyl (C=O) groups is 1. The molecule has 1 aromatic heterocycles. The molecule has 136 valence electrons. The summed E-state index contributed by atoms with van der Waals surface area (Å²) in [5.41, 5.74) is 0.258. The first-order valence-electron chi connectivity index (χ1n) is 7.80. The van der Waals surface area contributed by atoms with E-state index in [1.807, 2.05) is 6.92 Å². The van der Waals surface area contributed by atoms with Crippen LogP contribution in [0, 0.1) is 0 Å². The molecule has 1 N–H and O–H groups in total. The number of hydrogen-bond acceptors (Lipinski definition) is 7. The van der Waals surface area contributed by atoms with Crippen molar-refractivity contribution < 1.29 is 13.2 Å². The molecule has 10 heteroatoms. The number of hydrogen-bond donors (Lipinski definition) is 1. The fourth-order valence-corrected chi connectivity index (χ4v) is 5.27. The minimum absolute atomic E-state index is 0.100. The van der Waals surface area contributed by atoms with Crippen LogP contribution in [0.5, 0.6) is 0 Å². The van der Waals surface area contributed by atoms with E-state index in [1.165, 1.54) is 27.8 Å². The van der Waals surface area contributed by atoms with E-state index in [1.54, 1.807) is 37.7 Å². The number of aromatic nitrogens is 2. The summed E-state index contributed by atoms with van der Waals surface area (Å²) >= 11 is 2.83. The normalized spacial score (nSPS) is 11.7. The molecule has 25 heavy (non-hydrogen) atoms. The van der Waals surface area contributed by atoms with Gasteiger partial charge in [0.15, 0.2) is 4.34 Å². The van der Waals surface area contributed by atoms with Gasteiger partial charge in [-0.25, -0.2) is 8.42 Å². The van der Waals surface area contributed by atoms with E-state index in [0.717, 1.165) is 10.1 Å². The highest BCUT2D eigenvalue weighted by molar-refractivity contribution is 8.01. The molecule has 0 aliphatic carbocycles. The van der Waals surface area contributed by atoms with Crippen molar-refractivity contribution in [2.75, 3.05) is 24.2 Å². The van der Waals surface area contributed by atoms with Gasteiger partial charge in [-0.1, -0.05) is 49.9 Å². The van der Waals surface area contributed by atoms with Crippen LogP contribution < -0.4 is 5.32 Å². The first-order valence-corrected chi connectivity index (χ1v) is 11.0. The van der Waals surface area contributed by atoms with Gasteiger partial charge >= 0.3 is 0 Å². The van der Waals surface area contributed by atoms with Gasteiger partial charge in [0.05, 0.1) is 4.90 Å². The third-order valence-electron chi connectivity index (χ3n) is 3.33. The Hall–Kier alpha value is -1.49. The molecule has 0 saturated carbocycles. The van der Waals surface area contributed by atoms with Crippen molar-refractivity contribution in [1.29, 1.82) is 0 Å². The van der Waals surface area contributed by atoms with Crippen LogP contribution in [0.25, 0.3) is 0 Å². The van der Waals surface area contributed by atoms with Gasteiger partial charge in [-0.3, -0.25) is 10.1 Å². The van der Waals surface area contributed by atoms with Crippen molar-refractivity contribution in [3.05, 3.63) is 29.8 Å². The molecule has 0 aliphatic heterocycles. The number of anilines is 1. The maximum absolute atomic E-state index is 12.6. The average molecular weight is 401 g/mol. The molecule has 1 aromatic carbocycles. The molecule has 0 unspecified atom stereocenters. The second-order valence-electron chi connectivity index (χ2n) is 4.88. The van der Waals surface area contributed by atoms with Gasteiger partial charge in [0.1, 0.15) is 0 Å². The zero-order valence-corrected chi connectivity index (χ0v) is 16.7. The maximum Gasteiger partial charge on any atom is 0.257 e. The Morgan fingerprint density at radius 3 is 2.60 bits per heavy atom. The fourth-order valence-electron chi connectivity index (χ4n) is 2.12. The van der Waals surface area contributed by atoms with Gasteiger partial charge in [-0.2, -0.15) is 4.31 Å². The lowest BCUT2D eigenvalue weighted by Gasteiger charge is -2.18. The minimum atomic E-state index is -3.61.